The summed E-state index contributed by atoms with van der Waals surface area (Å²) in [5, 5.41) is 16.2. The van der Waals surface area contributed by atoms with E-state index in [9.17, 15) is 0 Å². The van der Waals surface area contributed by atoms with Crippen LogP contribution < -0.4 is 0 Å². The van der Waals surface area contributed by atoms with E-state index in [1.807, 2.05) is 12.1 Å². The number of ether oxygens (including phenoxy) is 2. The molecular formula is C8H12N2O2. The molecule has 0 radical (unpaired) electrons. The molecule has 0 bridgehead atoms. The van der Waals surface area contributed by atoms with Gasteiger partial charge >= 0.3 is 0 Å². The third-order valence-corrected chi connectivity index (χ3v) is 1.16. The molecule has 0 aliphatic carbocycles. The molecule has 0 aliphatic rings. The van der Waals surface area contributed by atoms with Gasteiger partial charge in [0.25, 0.3) is 0 Å². The van der Waals surface area contributed by atoms with E-state index in [1.54, 1.807) is 0 Å². The van der Waals surface area contributed by atoms with Crippen molar-refractivity contribution in [1.82, 2.24) is 0 Å². The monoisotopic (exact) mass is 168 g/mol. The Labute approximate surface area is 72.3 Å². The van der Waals surface area contributed by atoms with Crippen molar-refractivity contribution in [3.05, 3.63) is 0 Å². The van der Waals surface area contributed by atoms with Gasteiger partial charge in [0.05, 0.1) is 12.1 Å². The molecule has 0 rings (SSSR count). The van der Waals surface area contributed by atoms with Crippen molar-refractivity contribution in [2.75, 3.05) is 26.4 Å². The molecule has 0 amide bonds. The predicted octanol–water partition coefficient (Wildman–Crippen LogP) is 0.847. The summed E-state index contributed by atoms with van der Waals surface area (Å²) < 4.78 is 9.82. The van der Waals surface area contributed by atoms with Gasteiger partial charge in [-0.05, 0) is 12.8 Å². The lowest BCUT2D eigenvalue weighted by atomic mass is 10.3. The fourth-order valence-corrected chi connectivity index (χ4v) is 0.644. The minimum atomic E-state index is 0.152. The van der Waals surface area contributed by atoms with Crippen molar-refractivity contribution in [2.24, 2.45) is 0 Å². The average molecular weight is 168 g/mol. The molecule has 66 valence electrons. The van der Waals surface area contributed by atoms with Crippen LogP contribution in [0.1, 0.15) is 12.8 Å². The maximum absolute atomic E-state index is 8.10. The van der Waals surface area contributed by atoms with Gasteiger partial charge in [-0.3, -0.25) is 0 Å². The zero-order valence-corrected chi connectivity index (χ0v) is 6.95. The van der Waals surface area contributed by atoms with E-state index < -0.39 is 0 Å². The minimum absolute atomic E-state index is 0.152. The summed E-state index contributed by atoms with van der Waals surface area (Å²) in [4.78, 5) is 0. The number of hydrogen-bond donors (Lipinski definition) is 0. The Morgan fingerprint density at radius 2 is 1.25 bits per heavy atom. The lowest BCUT2D eigenvalue weighted by Crippen LogP contribution is -1.99. The number of hydrogen-bond acceptors (Lipinski definition) is 4. The first-order valence-electron chi connectivity index (χ1n) is 3.81. The molecule has 0 saturated carbocycles. The van der Waals surface area contributed by atoms with Crippen molar-refractivity contribution in [3.8, 4) is 12.1 Å². The van der Waals surface area contributed by atoms with Crippen molar-refractivity contribution < 1.29 is 9.47 Å². The standard InChI is InChI=1S/C8H12N2O2/c9-3-7-11-5-1-2-6-12-8-4-10/h1-2,5-8H2. The highest BCUT2D eigenvalue weighted by Crippen LogP contribution is 1.90. The lowest BCUT2D eigenvalue weighted by molar-refractivity contribution is 0.131. The normalized spacial score (nSPS) is 8.83. The Morgan fingerprint density at radius 1 is 0.833 bits per heavy atom. The van der Waals surface area contributed by atoms with Crippen LogP contribution in [-0.4, -0.2) is 26.4 Å². The van der Waals surface area contributed by atoms with E-state index in [2.05, 4.69) is 0 Å². The van der Waals surface area contributed by atoms with E-state index in [-0.39, 0.29) is 13.2 Å². The number of rotatable bonds is 7. The zero-order valence-electron chi connectivity index (χ0n) is 6.95. The molecular weight excluding hydrogens is 156 g/mol. The maximum atomic E-state index is 8.10. The first kappa shape index (κ1) is 10.9. The first-order valence-corrected chi connectivity index (χ1v) is 3.81. The maximum Gasteiger partial charge on any atom is 0.133 e. The third-order valence-electron chi connectivity index (χ3n) is 1.16. The van der Waals surface area contributed by atoms with Crippen LogP contribution in [0, 0.1) is 22.7 Å². The van der Waals surface area contributed by atoms with Gasteiger partial charge in [-0.25, -0.2) is 0 Å². The zero-order chi connectivity index (χ0) is 9.07. The molecule has 0 aromatic rings. The van der Waals surface area contributed by atoms with Crippen LogP contribution in [-0.2, 0) is 9.47 Å². The number of nitriles is 2. The minimum Gasteiger partial charge on any atom is -0.367 e. The van der Waals surface area contributed by atoms with Crippen molar-refractivity contribution in [3.63, 3.8) is 0 Å². The summed E-state index contributed by atoms with van der Waals surface area (Å²) in [6.07, 6.45) is 1.74. The van der Waals surface area contributed by atoms with Gasteiger partial charge in [-0.2, -0.15) is 10.5 Å². The van der Waals surface area contributed by atoms with Crippen LogP contribution in [0.15, 0.2) is 0 Å². The molecule has 0 fully saturated rings. The third kappa shape index (κ3) is 8.90. The van der Waals surface area contributed by atoms with E-state index in [1.165, 1.54) is 0 Å². The van der Waals surface area contributed by atoms with Crippen molar-refractivity contribution >= 4 is 0 Å². The summed E-state index contributed by atoms with van der Waals surface area (Å²) in [6, 6.07) is 3.76. The smallest absolute Gasteiger partial charge is 0.133 e. The summed E-state index contributed by atoms with van der Waals surface area (Å²) >= 11 is 0. The van der Waals surface area contributed by atoms with E-state index in [0.717, 1.165) is 12.8 Å². The van der Waals surface area contributed by atoms with Gasteiger partial charge in [0, 0.05) is 13.2 Å². The lowest BCUT2D eigenvalue weighted by Gasteiger charge is -1.99. The molecule has 0 saturated heterocycles. The molecule has 0 aliphatic heterocycles. The van der Waals surface area contributed by atoms with E-state index in [0.29, 0.717) is 13.2 Å². The van der Waals surface area contributed by atoms with E-state index >= 15 is 0 Å². The van der Waals surface area contributed by atoms with Crippen LogP contribution in [0.5, 0.6) is 0 Å². The van der Waals surface area contributed by atoms with Crippen molar-refractivity contribution in [2.45, 2.75) is 12.8 Å². The number of nitrogens with zero attached hydrogens (tertiary/aromatic N) is 2. The van der Waals surface area contributed by atoms with E-state index in [4.69, 9.17) is 20.0 Å². The van der Waals surface area contributed by atoms with Gasteiger partial charge in [0.2, 0.25) is 0 Å². The van der Waals surface area contributed by atoms with Gasteiger partial charge in [0.1, 0.15) is 13.2 Å². The quantitative estimate of drug-likeness (QED) is 0.528. The molecule has 0 aromatic heterocycles. The first-order chi connectivity index (χ1) is 5.91. The molecule has 0 unspecified atom stereocenters. The highest BCUT2D eigenvalue weighted by molar-refractivity contribution is 4.66. The second kappa shape index (κ2) is 9.90. The second-order valence-corrected chi connectivity index (χ2v) is 2.13. The summed E-state index contributed by atoms with van der Waals surface area (Å²) in [5.74, 6) is 0. The molecule has 0 atom stereocenters. The Kier molecular flexibility index (Phi) is 8.99. The van der Waals surface area contributed by atoms with Gasteiger partial charge < -0.3 is 9.47 Å². The predicted molar refractivity (Wildman–Crippen MR) is 42.1 cm³/mol. The Hall–Kier alpha value is -1.10. The van der Waals surface area contributed by atoms with Crippen LogP contribution in [0.3, 0.4) is 0 Å². The molecule has 0 N–H and O–H groups in total. The topological polar surface area (TPSA) is 66.0 Å². The fourth-order valence-electron chi connectivity index (χ4n) is 0.644. The second-order valence-electron chi connectivity index (χ2n) is 2.13. The van der Waals surface area contributed by atoms with Crippen LogP contribution in [0.2, 0.25) is 0 Å². The van der Waals surface area contributed by atoms with Crippen LogP contribution in [0.4, 0.5) is 0 Å². The van der Waals surface area contributed by atoms with Crippen LogP contribution in [0.25, 0.3) is 0 Å². The van der Waals surface area contributed by atoms with Gasteiger partial charge in [-0.15, -0.1) is 0 Å². The largest absolute Gasteiger partial charge is 0.367 e. The highest BCUT2D eigenvalue weighted by Gasteiger charge is 1.89. The van der Waals surface area contributed by atoms with Crippen molar-refractivity contribution in [1.29, 1.82) is 10.5 Å². The summed E-state index contributed by atoms with van der Waals surface area (Å²) in [6.45, 7) is 1.48. The summed E-state index contributed by atoms with van der Waals surface area (Å²) in [5.41, 5.74) is 0. The van der Waals surface area contributed by atoms with Gasteiger partial charge in [0.15, 0.2) is 0 Å². The molecule has 0 aromatic carbocycles. The molecule has 0 spiro atoms. The number of unbranched alkanes of at least 4 members (excludes halogenated alkanes) is 1. The SMILES string of the molecule is N#CCOCCCCOCC#N. The fraction of sp³-hybridized carbons (Fsp3) is 0.750. The Morgan fingerprint density at radius 3 is 1.58 bits per heavy atom. The molecule has 4 nitrogen and oxygen atoms in total. The van der Waals surface area contributed by atoms with Gasteiger partial charge in [-0.1, -0.05) is 0 Å². The Bertz CT molecular complexity index is 149. The molecule has 12 heavy (non-hydrogen) atoms. The molecule has 0 heterocycles. The summed E-state index contributed by atoms with van der Waals surface area (Å²) in [7, 11) is 0. The Balaban J connectivity index is 2.84. The van der Waals surface area contributed by atoms with Crippen LogP contribution >= 0.6 is 0 Å². The average Bonchev–Trinajstić information content (AvgIpc) is 2.10. The highest BCUT2D eigenvalue weighted by atomic mass is 16.5. The molecule has 4 heteroatoms.